The molecule has 0 aliphatic rings. The van der Waals surface area contributed by atoms with Gasteiger partial charge < -0.3 is 4.79 Å². The summed E-state index contributed by atoms with van der Waals surface area (Å²) in [6, 6.07) is 4.71. The van der Waals surface area contributed by atoms with E-state index in [1.807, 2.05) is 0 Å². The molecule has 1 aromatic carbocycles. The average molecular weight is 261 g/mol. The van der Waals surface area contributed by atoms with Gasteiger partial charge in [0.1, 0.15) is 5.78 Å². The molecule has 0 fully saturated rings. The second-order valence-corrected chi connectivity index (χ2v) is 4.53. The Balaban J connectivity index is 2.12. The SMILES string of the molecule is CC(=O)CCCCn1ncc2ccc([N+](=O)[O-])cc21. The van der Waals surface area contributed by atoms with Gasteiger partial charge in [-0.2, -0.15) is 5.10 Å². The van der Waals surface area contributed by atoms with Crippen molar-refractivity contribution < 1.29 is 9.72 Å². The van der Waals surface area contributed by atoms with Crippen molar-refractivity contribution in [2.24, 2.45) is 0 Å². The van der Waals surface area contributed by atoms with Crippen LogP contribution >= 0.6 is 0 Å². The highest BCUT2D eigenvalue weighted by molar-refractivity contribution is 5.81. The molecule has 100 valence electrons. The Hall–Kier alpha value is -2.24. The molecule has 6 heteroatoms. The number of non-ortho nitro benzene ring substituents is 1. The second-order valence-electron chi connectivity index (χ2n) is 4.53. The molecule has 0 radical (unpaired) electrons. The van der Waals surface area contributed by atoms with Gasteiger partial charge in [0.2, 0.25) is 0 Å². The first-order valence-corrected chi connectivity index (χ1v) is 6.17. The Morgan fingerprint density at radius 3 is 2.89 bits per heavy atom. The van der Waals surface area contributed by atoms with E-state index in [0.29, 0.717) is 13.0 Å². The number of nitro benzene ring substituents is 1. The van der Waals surface area contributed by atoms with Gasteiger partial charge in [-0.25, -0.2) is 0 Å². The zero-order chi connectivity index (χ0) is 13.8. The fraction of sp³-hybridized carbons (Fsp3) is 0.385. The third-order valence-corrected chi connectivity index (χ3v) is 2.99. The molecule has 2 aromatic rings. The van der Waals surface area contributed by atoms with Crippen LogP contribution in [0.25, 0.3) is 10.9 Å². The highest BCUT2D eigenvalue weighted by atomic mass is 16.6. The van der Waals surface area contributed by atoms with Crippen molar-refractivity contribution in [3.05, 3.63) is 34.5 Å². The van der Waals surface area contributed by atoms with Crippen LogP contribution in [0, 0.1) is 10.1 Å². The number of rotatable bonds is 6. The summed E-state index contributed by atoms with van der Waals surface area (Å²) < 4.78 is 1.75. The van der Waals surface area contributed by atoms with Gasteiger partial charge in [-0.1, -0.05) is 0 Å². The first kappa shape index (κ1) is 13.2. The maximum absolute atomic E-state index is 10.8. The molecule has 0 spiro atoms. The van der Waals surface area contributed by atoms with Crippen LogP contribution in [0.1, 0.15) is 26.2 Å². The number of aromatic nitrogens is 2. The number of carbonyl (C=O) groups excluding carboxylic acids is 1. The van der Waals surface area contributed by atoms with Crippen molar-refractivity contribution in [2.75, 3.05) is 0 Å². The standard InChI is InChI=1S/C13H15N3O3/c1-10(17)4-2-3-7-15-13-8-12(16(18)19)6-5-11(13)9-14-15/h5-6,8-9H,2-4,7H2,1H3. The topological polar surface area (TPSA) is 78.0 Å². The van der Waals surface area contributed by atoms with Crippen LogP contribution in [0.3, 0.4) is 0 Å². The van der Waals surface area contributed by atoms with Crippen LogP contribution < -0.4 is 0 Å². The number of hydrogen-bond acceptors (Lipinski definition) is 4. The smallest absolute Gasteiger partial charge is 0.271 e. The molecule has 6 nitrogen and oxygen atoms in total. The van der Waals surface area contributed by atoms with Gasteiger partial charge in [0.25, 0.3) is 5.69 Å². The van der Waals surface area contributed by atoms with Gasteiger partial charge >= 0.3 is 0 Å². The molecule has 0 aliphatic heterocycles. The highest BCUT2D eigenvalue weighted by Crippen LogP contribution is 2.20. The lowest BCUT2D eigenvalue weighted by molar-refractivity contribution is -0.384. The molecular weight excluding hydrogens is 246 g/mol. The van der Waals surface area contributed by atoms with Gasteiger partial charge in [0.05, 0.1) is 16.6 Å². The molecule has 1 heterocycles. The fourth-order valence-electron chi connectivity index (χ4n) is 1.99. The number of unbranched alkanes of at least 4 members (excludes halogenated alkanes) is 1. The maximum Gasteiger partial charge on any atom is 0.271 e. The van der Waals surface area contributed by atoms with Gasteiger partial charge in [-0.05, 0) is 25.8 Å². The lowest BCUT2D eigenvalue weighted by Crippen LogP contribution is -2.01. The Morgan fingerprint density at radius 1 is 1.42 bits per heavy atom. The molecule has 0 bridgehead atoms. The fourth-order valence-corrected chi connectivity index (χ4v) is 1.99. The molecule has 19 heavy (non-hydrogen) atoms. The van der Waals surface area contributed by atoms with Crippen molar-refractivity contribution in [1.29, 1.82) is 0 Å². The first-order chi connectivity index (χ1) is 9.08. The average Bonchev–Trinajstić information content (AvgIpc) is 2.76. The molecule has 1 aromatic heterocycles. The number of aryl methyl sites for hydroxylation is 1. The van der Waals surface area contributed by atoms with Gasteiger partial charge in [-0.15, -0.1) is 0 Å². The minimum absolute atomic E-state index is 0.0676. The molecular formula is C13H15N3O3. The van der Waals surface area contributed by atoms with Crippen LogP contribution in [0.15, 0.2) is 24.4 Å². The van der Waals surface area contributed by atoms with Crippen LogP contribution in [-0.4, -0.2) is 20.5 Å². The van der Waals surface area contributed by atoms with Gasteiger partial charge in [0, 0.05) is 30.5 Å². The normalized spacial score (nSPS) is 10.8. The van der Waals surface area contributed by atoms with Crippen LogP contribution in [0.5, 0.6) is 0 Å². The molecule has 2 rings (SSSR count). The van der Waals surface area contributed by atoms with E-state index < -0.39 is 4.92 Å². The molecule has 0 unspecified atom stereocenters. The lowest BCUT2D eigenvalue weighted by atomic mass is 10.2. The molecule has 0 saturated heterocycles. The summed E-state index contributed by atoms with van der Waals surface area (Å²) in [7, 11) is 0. The van der Waals surface area contributed by atoms with E-state index in [2.05, 4.69) is 5.10 Å². The summed E-state index contributed by atoms with van der Waals surface area (Å²) in [6.45, 7) is 2.24. The number of nitro groups is 1. The van der Waals surface area contributed by atoms with Crippen LogP contribution in [0.4, 0.5) is 5.69 Å². The van der Waals surface area contributed by atoms with Crippen molar-refractivity contribution in [3.63, 3.8) is 0 Å². The summed E-state index contributed by atoms with van der Waals surface area (Å²) in [4.78, 5) is 21.2. The van der Waals surface area contributed by atoms with Gasteiger partial charge in [0.15, 0.2) is 0 Å². The van der Waals surface area contributed by atoms with Crippen LogP contribution in [0.2, 0.25) is 0 Å². The van der Waals surface area contributed by atoms with Crippen LogP contribution in [-0.2, 0) is 11.3 Å². The predicted octanol–water partition coefficient (Wildman–Crippen LogP) is 2.70. The second kappa shape index (κ2) is 5.60. The number of carbonyl (C=O) groups is 1. The molecule has 0 aliphatic carbocycles. The molecule has 0 saturated carbocycles. The largest absolute Gasteiger partial charge is 0.300 e. The number of fused-ring (bicyclic) bond motifs is 1. The van der Waals surface area contributed by atoms with Crippen molar-refractivity contribution in [3.8, 4) is 0 Å². The number of ketones is 1. The summed E-state index contributed by atoms with van der Waals surface area (Å²) in [5.74, 6) is 0.181. The van der Waals surface area contributed by atoms with Crippen molar-refractivity contribution in [1.82, 2.24) is 9.78 Å². The quantitative estimate of drug-likeness (QED) is 0.455. The number of hydrogen-bond donors (Lipinski definition) is 0. The predicted molar refractivity (Wildman–Crippen MR) is 70.9 cm³/mol. The maximum atomic E-state index is 10.8. The number of nitrogens with zero attached hydrogens (tertiary/aromatic N) is 3. The van der Waals surface area contributed by atoms with Gasteiger partial charge in [-0.3, -0.25) is 14.8 Å². The van der Waals surface area contributed by atoms with E-state index in [1.165, 1.54) is 12.1 Å². The minimum Gasteiger partial charge on any atom is -0.300 e. The number of benzene rings is 1. The molecule has 0 N–H and O–H groups in total. The minimum atomic E-state index is -0.410. The molecule has 0 amide bonds. The Bertz CT molecular complexity index is 619. The summed E-state index contributed by atoms with van der Waals surface area (Å²) in [6.07, 6.45) is 3.91. The zero-order valence-electron chi connectivity index (χ0n) is 10.7. The zero-order valence-corrected chi connectivity index (χ0v) is 10.7. The van der Waals surface area contributed by atoms with E-state index in [0.717, 1.165) is 23.7 Å². The van der Waals surface area contributed by atoms with E-state index in [9.17, 15) is 14.9 Å². The monoisotopic (exact) mass is 261 g/mol. The third kappa shape index (κ3) is 3.15. The summed E-state index contributed by atoms with van der Waals surface area (Å²) in [5, 5.41) is 15.9. The number of Topliss-reactive ketones (excluding diaryl/α,β-unsaturated/α-hetero) is 1. The van der Waals surface area contributed by atoms with E-state index in [-0.39, 0.29) is 11.5 Å². The van der Waals surface area contributed by atoms with Crippen molar-refractivity contribution >= 4 is 22.4 Å². The Morgan fingerprint density at radius 2 is 2.21 bits per heavy atom. The summed E-state index contributed by atoms with van der Waals surface area (Å²) >= 11 is 0. The Labute approximate surface area is 110 Å². The third-order valence-electron chi connectivity index (χ3n) is 2.99. The van der Waals surface area contributed by atoms with E-state index in [4.69, 9.17) is 0 Å². The van der Waals surface area contributed by atoms with Crippen molar-refractivity contribution in [2.45, 2.75) is 32.7 Å². The lowest BCUT2D eigenvalue weighted by Gasteiger charge is -2.03. The van der Waals surface area contributed by atoms with E-state index in [1.54, 1.807) is 23.9 Å². The summed E-state index contributed by atoms with van der Waals surface area (Å²) in [5.41, 5.74) is 0.829. The molecule has 0 atom stereocenters. The highest BCUT2D eigenvalue weighted by Gasteiger charge is 2.09. The van der Waals surface area contributed by atoms with E-state index >= 15 is 0 Å². The Kier molecular flexibility index (Phi) is 3.89. The first-order valence-electron chi connectivity index (χ1n) is 6.17.